The van der Waals surface area contributed by atoms with E-state index < -0.39 is 0 Å². The number of nitrogens with one attached hydrogen (secondary N) is 1. The van der Waals surface area contributed by atoms with Crippen LogP contribution in [-0.2, 0) is 4.79 Å². The highest BCUT2D eigenvalue weighted by molar-refractivity contribution is 5.78. The van der Waals surface area contributed by atoms with Crippen LogP contribution >= 0.6 is 0 Å². The summed E-state index contributed by atoms with van der Waals surface area (Å²) in [4.78, 5) is 16.6. The minimum atomic E-state index is 0.289. The Kier molecular flexibility index (Phi) is 5.41. The lowest BCUT2D eigenvalue weighted by Crippen LogP contribution is -2.57. The molecule has 1 atom stereocenters. The van der Waals surface area contributed by atoms with Crippen LogP contribution in [0.1, 0.15) is 25.7 Å². The van der Waals surface area contributed by atoms with E-state index in [1.807, 2.05) is 4.90 Å². The highest BCUT2D eigenvalue weighted by atomic mass is 16.2. The summed E-state index contributed by atoms with van der Waals surface area (Å²) in [6, 6.07) is 0.315. The molecule has 2 saturated heterocycles. The Morgan fingerprint density at radius 2 is 1.89 bits per heavy atom. The molecule has 0 spiro atoms. The van der Waals surface area contributed by atoms with Crippen molar-refractivity contribution in [1.29, 1.82) is 0 Å². The molecular weight excluding hydrogens is 228 g/mol. The Labute approximate surface area is 110 Å². The molecule has 0 radical (unpaired) electrons. The second kappa shape index (κ2) is 7.07. The molecule has 0 saturated carbocycles. The van der Waals surface area contributed by atoms with Crippen molar-refractivity contribution in [2.75, 3.05) is 45.8 Å². The van der Waals surface area contributed by atoms with Gasteiger partial charge in [-0.3, -0.25) is 9.69 Å². The van der Waals surface area contributed by atoms with Crippen LogP contribution in [-0.4, -0.2) is 67.6 Å². The zero-order chi connectivity index (χ0) is 12.8. The molecule has 18 heavy (non-hydrogen) atoms. The van der Waals surface area contributed by atoms with E-state index in [0.717, 1.165) is 45.6 Å². The van der Waals surface area contributed by atoms with Crippen molar-refractivity contribution in [3.05, 3.63) is 0 Å². The molecule has 0 aliphatic carbocycles. The molecule has 5 nitrogen and oxygen atoms in total. The summed E-state index contributed by atoms with van der Waals surface area (Å²) < 4.78 is 0. The average Bonchev–Trinajstić information content (AvgIpc) is 2.68. The van der Waals surface area contributed by atoms with Crippen LogP contribution in [0.2, 0.25) is 0 Å². The molecule has 2 heterocycles. The standard InChI is InChI=1S/C13H26N4O/c14-9-12-10-15-5-8-17(12)11-13(18)16-6-3-1-2-4-7-16/h12,15H,1-11,14H2. The summed E-state index contributed by atoms with van der Waals surface area (Å²) in [7, 11) is 0. The number of nitrogens with zero attached hydrogens (tertiary/aromatic N) is 2. The molecule has 0 aromatic rings. The quantitative estimate of drug-likeness (QED) is 0.721. The minimum Gasteiger partial charge on any atom is -0.342 e. The first-order chi connectivity index (χ1) is 8.81. The van der Waals surface area contributed by atoms with E-state index in [1.54, 1.807) is 0 Å². The first-order valence-corrected chi connectivity index (χ1v) is 7.24. The van der Waals surface area contributed by atoms with E-state index in [2.05, 4.69) is 10.2 Å². The monoisotopic (exact) mass is 254 g/mol. The van der Waals surface area contributed by atoms with Crippen LogP contribution in [0, 0.1) is 0 Å². The highest BCUT2D eigenvalue weighted by Crippen LogP contribution is 2.11. The van der Waals surface area contributed by atoms with E-state index in [1.165, 1.54) is 12.8 Å². The lowest BCUT2D eigenvalue weighted by atomic mass is 10.2. The number of piperazine rings is 1. The molecule has 2 aliphatic rings. The van der Waals surface area contributed by atoms with E-state index >= 15 is 0 Å². The van der Waals surface area contributed by atoms with E-state index in [0.29, 0.717) is 19.1 Å². The molecule has 1 amide bonds. The SMILES string of the molecule is NCC1CNCCN1CC(=O)N1CCCCCC1. The van der Waals surface area contributed by atoms with Crippen molar-refractivity contribution in [1.82, 2.24) is 15.1 Å². The third-order valence-corrected chi connectivity index (χ3v) is 4.04. The molecule has 104 valence electrons. The minimum absolute atomic E-state index is 0.289. The van der Waals surface area contributed by atoms with Crippen molar-refractivity contribution < 1.29 is 4.79 Å². The summed E-state index contributed by atoms with van der Waals surface area (Å²) in [6.07, 6.45) is 4.85. The van der Waals surface area contributed by atoms with Gasteiger partial charge in [-0.2, -0.15) is 0 Å². The van der Waals surface area contributed by atoms with Gasteiger partial charge in [-0.05, 0) is 12.8 Å². The Bertz CT molecular complexity index is 264. The molecule has 0 aromatic heterocycles. The Morgan fingerprint density at radius 1 is 1.17 bits per heavy atom. The van der Waals surface area contributed by atoms with Crippen molar-refractivity contribution in [3.8, 4) is 0 Å². The first kappa shape index (κ1) is 13.8. The summed E-state index contributed by atoms with van der Waals surface area (Å²) in [5, 5.41) is 3.33. The lowest BCUT2D eigenvalue weighted by Gasteiger charge is -2.36. The number of rotatable bonds is 3. The van der Waals surface area contributed by atoms with Gasteiger partial charge in [0.15, 0.2) is 0 Å². The van der Waals surface area contributed by atoms with Crippen molar-refractivity contribution >= 4 is 5.91 Å². The summed E-state index contributed by atoms with van der Waals surface area (Å²) >= 11 is 0. The van der Waals surface area contributed by atoms with E-state index in [-0.39, 0.29) is 5.91 Å². The number of hydrogen-bond donors (Lipinski definition) is 2. The van der Waals surface area contributed by atoms with Crippen LogP contribution in [0.25, 0.3) is 0 Å². The Balaban J connectivity index is 1.84. The summed E-state index contributed by atoms with van der Waals surface area (Å²) in [5.74, 6) is 0.289. The molecule has 0 aromatic carbocycles. The van der Waals surface area contributed by atoms with Gasteiger partial charge in [0.05, 0.1) is 6.54 Å². The molecule has 2 aliphatic heterocycles. The van der Waals surface area contributed by atoms with Crippen LogP contribution in [0.4, 0.5) is 0 Å². The smallest absolute Gasteiger partial charge is 0.236 e. The summed E-state index contributed by atoms with van der Waals surface area (Å²) in [6.45, 7) is 5.86. The maximum atomic E-state index is 12.3. The predicted octanol–water partition coefficient (Wildman–Crippen LogP) is -0.378. The van der Waals surface area contributed by atoms with Gasteiger partial charge in [-0.15, -0.1) is 0 Å². The van der Waals surface area contributed by atoms with Crippen LogP contribution in [0.15, 0.2) is 0 Å². The van der Waals surface area contributed by atoms with Gasteiger partial charge in [0.2, 0.25) is 5.91 Å². The number of carbonyl (C=O) groups is 1. The Morgan fingerprint density at radius 3 is 2.56 bits per heavy atom. The molecular formula is C13H26N4O. The van der Waals surface area contributed by atoms with Crippen LogP contribution in [0.3, 0.4) is 0 Å². The van der Waals surface area contributed by atoms with Gasteiger partial charge < -0.3 is 16.0 Å². The maximum absolute atomic E-state index is 12.3. The highest BCUT2D eigenvalue weighted by Gasteiger charge is 2.25. The lowest BCUT2D eigenvalue weighted by molar-refractivity contribution is -0.133. The fourth-order valence-corrected chi connectivity index (χ4v) is 2.84. The maximum Gasteiger partial charge on any atom is 0.236 e. The molecule has 2 rings (SSSR count). The van der Waals surface area contributed by atoms with Gasteiger partial charge in [-0.25, -0.2) is 0 Å². The molecule has 2 fully saturated rings. The van der Waals surface area contributed by atoms with Crippen molar-refractivity contribution in [3.63, 3.8) is 0 Å². The summed E-state index contributed by atoms with van der Waals surface area (Å²) in [5.41, 5.74) is 5.77. The Hall–Kier alpha value is -0.650. The third kappa shape index (κ3) is 3.67. The van der Waals surface area contributed by atoms with E-state index in [9.17, 15) is 4.79 Å². The number of amides is 1. The van der Waals surface area contributed by atoms with Gasteiger partial charge in [0, 0.05) is 45.3 Å². The molecule has 5 heteroatoms. The zero-order valence-electron chi connectivity index (χ0n) is 11.2. The first-order valence-electron chi connectivity index (χ1n) is 7.24. The van der Waals surface area contributed by atoms with Gasteiger partial charge in [0.25, 0.3) is 0 Å². The van der Waals surface area contributed by atoms with Crippen molar-refractivity contribution in [2.45, 2.75) is 31.7 Å². The normalized spacial score (nSPS) is 26.9. The molecule has 1 unspecified atom stereocenters. The van der Waals surface area contributed by atoms with Crippen LogP contribution in [0.5, 0.6) is 0 Å². The molecule has 0 bridgehead atoms. The molecule has 3 N–H and O–H groups in total. The van der Waals surface area contributed by atoms with Crippen molar-refractivity contribution in [2.24, 2.45) is 5.73 Å². The van der Waals surface area contributed by atoms with Gasteiger partial charge in [0.1, 0.15) is 0 Å². The van der Waals surface area contributed by atoms with Gasteiger partial charge in [-0.1, -0.05) is 12.8 Å². The largest absolute Gasteiger partial charge is 0.342 e. The number of nitrogens with two attached hydrogens (primary N) is 1. The van der Waals surface area contributed by atoms with Crippen LogP contribution < -0.4 is 11.1 Å². The second-order valence-corrected chi connectivity index (χ2v) is 5.36. The number of carbonyl (C=O) groups excluding carboxylic acids is 1. The average molecular weight is 254 g/mol. The third-order valence-electron chi connectivity index (χ3n) is 4.04. The number of hydrogen-bond acceptors (Lipinski definition) is 4. The zero-order valence-corrected chi connectivity index (χ0v) is 11.2. The number of likely N-dealkylation sites (tertiary alicyclic amines) is 1. The fourth-order valence-electron chi connectivity index (χ4n) is 2.84. The van der Waals surface area contributed by atoms with E-state index in [4.69, 9.17) is 5.73 Å². The second-order valence-electron chi connectivity index (χ2n) is 5.36. The fraction of sp³-hybridized carbons (Fsp3) is 0.923. The topological polar surface area (TPSA) is 61.6 Å². The van der Waals surface area contributed by atoms with Gasteiger partial charge >= 0.3 is 0 Å². The predicted molar refractivity (Wildman–Crippen MR) is 72.3 cm³/mol.